The van der Waals surface area contributed by atoms with E-state index >= 15 is 0 Å². The van der Waals surface area contributed by atoms with Gasteiger partial charge < -0.3 is 10.1 Å². The molecule has 0 saturated carbocycles. The molecule has 2 aromatic rings. The van der Waals surface area contributed by atoms with Crippen molar-refractivity contribution in [2.75, 3.05) is 18.2 Å². The SMILES string of the molecule is CSc1cccc(NC2COCc3ccccc32)c1. The van der Waals surface area contributed by atoms with Crippen LogP contribution in [0.5, 0.6) is 0 Å². The van der Waals surface area contributed by atoms with Crippen LogP contribution < -0.4 is 5.32 Å². The van der Waals surface area contributed by atoms with Crippen molar-refractivity contribution in [2.45, 2.75) is 17.5 Å². The predicted octanol–water partition coefficient (Wildman–Crippen LogP) is 4.09. The molecule has 2 aromatic carbocycles. The van der Waals surface area contributed by atoms with Gasteiger partial charge in [-0.3, -0.25) is 0 Å². The Hall–Kier alpha value is -1.45. The lowest BCUT2D eigenvalue weighted by molar-refractivity contribution is 0.0970. The first-order chi connectivity index (χ1) is 9.36. The van der Waals surface area contributed by atoms with E-state index in [1.165, 1.54) is 16.0 Å². The molecule has 0 fully saturated rings. The van der Waals surface area contributed by atoms with Gasteiger partial charge in [0.15, 0.2) is 0 Å². The molecule has 0 aromatic heterocycles. The third-order valence-corrected chi connectivity index (χ3v) is 4.11. The molecular weight excluding hydrogens is 254 g/mol. The highest BCUT2D eigenvalue weighted by Crippen LogP contribution is 2.29. The van der Waals surface area contributed by atoms with E-state index in [4.69, 9.17) is 4.74 Å². The average molecular weight is 271 g/mol. The summed E-state index contributed by atoms with van der Waals surface area (Å²) in [5, 5.41) is 3.57. The molecular formula is C16H17NOS. The van der Waals surface area contributed by atoms with Gasteiger partial charge in [0.25, 0.3) is 0 Å². The number of anilines is 1. The van der Waals surface area contributed by atoms with Crippen LogP contribution in [0.15, 0.2) is 53.4 Å². The Labute approximate surface area is 118 Å². The van der Waals surface area contributed by atoms with Crippen LogP contribution >= 0.6 is 11.8 Å². The van der Waals surface area contributed by atoms with Gasteiger partial charge in [-0.1, -0.05) is 30.3 Å². The molecule has 1 aliphatic heterocycles. The van der Waals surface area contributed by atoms with E-state index in [1.54, 1.807) is 11.8 Å². The van der Waals surface area contributed by atoms with Gasteiger partial charge in [-0.05, 0) is 35.6 Å². The molecule has 1 heterocycles. The zero-order chi connectivity index (χ0) is 13.1. The van der Waals surface area contributed by atoms with E-state index in [0.29, 0.717) is 0 Å². The molecule has 2 nitrogen and oxygen atoms in total. The van der Waals surface area contributed by atoms with Crippen LogP contribution in [0.4, 0.5) is 5.69 Å². The minimum Gasteiger partial charge on any atom is -0.376 e. The molecule has 1 unspecified atom stereocenters. The summed E-state index contributed by atoms with van der Waals surface area (Å²) >= 11 is 1.76. The molecule has 0 bridgehead atoms. The normalized spacial score (nSPS) is 17.8. The average Bonchev–Trinajstić information content (AvgIpc) is 2.48. The Bertz CT molecular complexity index is 570. The molecule has 0 spiro atoms. The second kappa shape index (κ2) is 5.68. The van der Waals surface area contributed by atoms with E-state index in [-0.39, 0.29) is 6.04 Å². The van der Waals surface area contributed by atoms with Gasteiger partial charge in [0.2, 0.25) is 0 Å². The molecule has 1 aliphatic rings. The van der Waals surface area contributed by atoms with Gasteiger partial charge in [0.1, 0.15) is 0 Å². The van der Waals surface area contributed by atoms with Crippen molar-refractivity contribution in [3.63, 3.8) is 0 Å². The summed E-state index contributed by atoms with van der Waals surface area (Å²) in [4.78, 5) is 1.27. The van der Waals surface area contributed by atoms with Gasteiger partial charge in [-0.25, -0.2) is 0 Å². The number of rotatable bonds is 3. The minimum atomic E-state index is 0.238. The predicted molar refractivity (Wildman–Crippen MR) is 80.7 cm³/mol. The number of benzene rings is 2. The molecule has 0 saturated heterocycles. The lowest BCUT2D eigenvalue weighted by Crippen LogP contribution is -2.23. The first kappa shape index (κ1) is 12.6. The molecule has 1 atom stereocenters. The molecule has 19 heavy (non-hydrogen) atoms. The van der Waals surface area contributed by atoms with Crippen LogP contribution in [-0.4, -0.2) is 12.9 Å². The van der Waals surface area contributed by atoms with Crippen LogP contribution in [0, 0.1) is 0 Å². The summed E-state index contributed by atoms with van der Waals surface area (Å²) in [5.74, 6) is 0. The van der Waals surface area contributed by atoms with E-state index in [0.717, 1.165) is 18.9 Å². The van der Waals surface area contributed by atoms with Crippen LogP contribution in [0.25, 0.3) is 0 Å². The minimum absolute atomic E-state index is 0.238. The number of hydrogen-bond acceptors (Lipinski definition) is 3. The van der Waals surface area contributed by atoms with Crippen molar-refractivity contribution < 1.29 is 4.74 Å². The number of fused-ring (bicyclic) bond motifs is 1. The zero-order valence-electron chi connectivity index (χ0n) is 10.9. The molecule has 98 valence electrons. The van der Waals surface area contributed by atoms with Crippen molar-refractivity contribution in [1.82, 2.24) is 0 Å². The Morgan fingerprint density at radius 2 is 2.05 bits per heavy atom. The highest BCUT2D eigenvalue weighted by Gasteiger charge is 2.19. The second-order valence-electron chi connectivity index (χ2n) is 4.64. The first-order valence-corrected chi connectivity index (χ1v) is 7.65. The summed E-state index contributed by atoms with van der Waals surface area (Å²) in [5.41, 5.74) is 3.78. The highest BCUT2D eigenvalue weighted by atomic mass is 32.2. The zero-order valence-corrected chi connectivity index (χ0v) is 11.7. The lowest BCUT2D eigenvalue weighted by Gasteiger charge is -2.27. The highest BCUT2D eigenvalue weighted by molar-refractivity contribution is 7.98. The Morgan fingerprint density at radius 1 is 1.16 bits per heavy atom. The fourth-order valence-corrected chi connectivity index (χ4v) is 2.88. The molecule has 3 heteroatoms. The van der Waals surface area contributed by atoms with Crippen LogP contribution in [0.3, 0.4) is 0 Å². The van der Waals surface area contributed by atoms with Crippen molar-refractivity contribution in [1.29, 1.82) is 0 Å². The summed E-state index contributed by atoms with van der Waals surface area (Å²) < 4.78 is 5.67. The smallest absolute Gasteiger partial charge is 0.0751 e. The van der Waals surface area contributed by atoms with Gasteiger partial charge in [-0.2, -0.15) is 0 Å². The Balaban J connectivity index is 1.84. The van der Waals surface area contributed by atoms with E-state index < -0.39 is 0 Å². The first-order valence-electron chi connectivity index (χ1n) is 6.43. The fraction of sp³-hybridized carbons (Fsp3) is 0.250. The van der Waals surface area contributed by atoms with E-state index in [2.05, 4.69) is 60.1 Å². The van der Waals surface area contributed by atoms with Crippen molar-refractivity contribution in [3.05, 3.63) is 59.7 Å². The monoisotopic (exact) mass is 271 g/mol. The van der Waals surface area contributed by atoms with Gasteiger partial charge in [-0.15, -0.1) is 11.8 Å². The van der Waals surface area contributed by atoms with Gasteiger partial charge in [0, 0.05) is 10.6 Å². The molecule has 0 amide bonds. The van der Waals surface area contributed by atoms with Crippen molar-refractivity contribution in [2.24, 2.45) is 0 Å². The molecule has 0 aliphatic carbocycles. The van der Waals surface area contributed by atoms with Crippen LogP contribution in [-0.2, 0) is 11.3 Å². The maximum atomic E-state index is 5.67. The maximum Gasteiger partial charge on any atom is 0.0751 e. The van der Waals surface area contributed by atoms with Gasteiger partial charge >= 0.3 is 0 Å². The van der Waals surface area contributed by atoms with Gasteiger partial charge in [0.05, 0.1) is 19.3 Å². The maximum absolute atomic E-state index is 5.67. The van der Waals surface area contributed by atoms with Crippen molar-refractivity contribution in [3.8, 4) is 0 Å². The fourth-order valence-electron chi connectivity index (χ4n) is 2.42. The van der Waals surface area contributed by atoms with E-state index in [1.807, 2.05) is 0 Å². The quantitative estimate of drug-likeness (QED) is 0.850. The number of hydrogen-bond donors (Lipinski definition) is 1. The number of nitrogens with one attached hydrogen (secondary N) is 1. The lowest BCUT2D eigenvalue weighted by atomic mass is 9.99. The number of thioether (sulfide) groups is 1. The third-order valence-electron chi connectivity index (χ3n) is 3.38. The second-order valence-corrected chi connectivity index (χ2v) is 5.52. The summed E-state index contributed by atoms with van der Waals surface area (Å²) in [7, 11) is 0. The van der Waals surface area contributed by atoms with Crippen molar-refractivity contribution >= 4 is 17.4 Å². The molecule has 3 rings (SSSR count). The van der Waals surface area contributed by atoms with E-state index in [9.17, 15) is 0 Å². The molecule has 0 radical (unpaired) electrons. The summed E-state index contributed by atoms with van der Waals surface area (Å²) in [6.45, 7) is 1.44. The Kier molecular flexibility index (Phi) is 3.76. The van der Waals surface area contributed by atoms with Crippen LogP contribution in [0.2, 0.25) is 0 Å². The third kappa shape index (κ3) is 2.77. The molecule has 1 N–H and O–H groups in total. The van der Waals surface area contributed by atoms with Crippen LogP contribution in [0.1, 0.15) is 17.2 Å². The largest absolute Gasteiger partial charge is 0.376 e. The topological polar surface area (TPSA) is 21.3 Å². The standard InChI is InChI=1S/C16H17NOS/c1-19-14-7-4-6-13(9-14)17-16-11-18-10-12-5-2-3-8-15(12)16/h2-9,16-17H,10-11H2,1H3. The Morgan fingerprint density at radius 3 is 2.95 bits per heavy atom. The summed E-state index contributed by atoms with van der Waals surface area (Å²) in [6.07, 6.45) is 2.10. The summed E-state index contributed by atoms with van der Waals surface area (Å²) in [6, 6.07) is 17.2. The number of ether oxygens (including phenoxy) is 1.